The molecule has 0 bridgehead atoms. The minimum Gasteiger partial charge on any atom is -0.293 e. The molecule has 0 amide bonds. The summed E-state index contributed by atoms with van der Waals surface area (Å²) in [6.07, 6.45) is 1.18. The third-order valence-electron chi connectivity index (χ3n) is 5.15. The quantitative estimate of drug-likeness (QED) is 0.657. The number of nitrogens with one attached hydrogen (secondary N) is 1. The molecule has 30 heavy (non-hydrogen) atoms. The summed E-state index contributed by atoms with van der Waals surface area (Å²) < 4.78 is 69.4. The van der Waals surface area contributed by atoms with E-state index < -0.39 is 22.7 Å². The first-order valence-electron chi connectivity index (χ1n) is 9.39. The summed E-state index contributed by atoms with van der Waals surface area (Å²) in [7, 11) is -2.21. The molecule has 4 rings (SSSR count). The number of benzene rings is 1. The first-order valence-corrected chi connectivity index (χ1v) is 10.9. The summed E-state index contributed by atoms with van der Waals surface area (Å²) >= 11 is 0. The normalized spacial score (nSPS) is 18.7. The lowest BCUT2D eigenvalue weighted by Crippen LogP contribution is -2.42. The standard InChI is InChI=1S/C18H21F3N6O2S/c1-25-17-13(8-22-25)4-2-6-16(17)24-30(28,29)15-9-23-27(11-15)14-5-3-7-26(10-14)12-18(19,20)21/h2,4,6,8-9,11,14,24H,3,5,7,10,12H2,1H3/t14-/m1/s1. The predicted octanol–water partition coefficient (Wildman–Crippen LogP) is 2.77. The molecule has 8 nitrogen and oxygen atoms in total. The van der Waals surface area contributed by atoms with Crippen LogP contribution in [0.5, 0.6) is 0 Å². The summed E-state index contributed by atoms with van der Waals surface area (Å²) in [6.45, 7) is -0.451. The molecule has 0 saturated carbocycles. The van der Waals surface area contributed by atoms with Gasteiger partial charge in [0.15, 0.2) is 0 Å². The Balaban J connectivity index is 1.53. The third kappa shape index (κ3) is 4.29. The summed E-state index contributed by atoms with van der Waals surface area (Å²) in [4.78, 5) is 1.28. The zero-order chi connectivity index (χ0) is 21.5. The Kier molecular flexibility index (Phi) is 5.22. The van der Waals surface area contributed by atoms with Crippen molar-refractivity contribution in [2.45, 2.75) is 30.0 Å². The minimum atomic E-state index is -4.27. The number of fused-ring (bicyclic) bond motifs is 1. The molecule has 0 spiro atoms. The maximum absolute atomic E-state index is 12.9. The number of likely N-dealkylation sites (tertiary alicyclic amines) is 1. The second-order valence-corrected chi connectivity index (χ2v) is 9.10. The van der Waals surface area contributed by atoms with Gasteiger partial charge in [-0.25, -0.2) is 8.42 Å². The van der Waals surface area contributed by atoms with E-state index in [1.165, 1.54) is 22.0 Å². The van der Waals surface area contributed by atoms with Gasteiger partial charge in [0.05, 0.1) is 36.2 Å². The van der Waals surface area contributed by atoms with Crippen LogP contribution in [0.1, 0.15) is 18.9 Å². The van der Waals surface area contributed by atoms with E-state index in [9.17, 15) is 21.6 Å². The Morgan fingerprint density at radius 2 is 2.03 bits per heavy atom. The number of para-hydroxylation sites is 1. The molecule has 3 heterocycles. The molecule has 1 aliphatic heterocycles. The van der Waals surface area contributed by atoms with Gasteiger partial charge in [-0.05, 0) is 25.5 Å². The molecule has 1 aliphatic rings. The molecule has 1 atom stereocenters. The third-order valence-corrected chi connectivity index (χ3v) is 6.47. The van der Waals surface area contributed by atoms with Crippen molar-refractivity contribution in [1.82, 2.24) is 24.5 Å². The fraction of sp³-hybridized carbons (Fsp3) is 0.444. The first-order chi connectivity index (χ1) is 14.1. The second-order valence-electron chi connectivity index (χ2n) is 7.42. The fourth-order valence-corrected chi connectivity index (χ4v) is 4.83. The highest BCUT2D eigenvalue weighted by Crippen LogP contribution is 2.27. The van der Waals surface area contributed by atoms with E-state index >= 15 is 0 Å². The van der Waals surface area contributed by atoms with E-state index in [1.54, 1.807) is 30.1 Å². The number of halogens is 3. The molecule has 1 saturated heterocycles. The van der Waals surface area contributed by atoms with Crippen LogP contribution in [-0.4, -0.2) is 58.7 Å². The summed E-state index contributed by atoms with van der Waals surface area (Å²) in [5.41, 5.74) is 1.03. The lowest BCUT2D eigenvalue weighted by atomic mass is 10.1. The molecular formula is C18H21F3N6O2S. The van der Waals surface area contributed by atoms with Crippen molar-refractivity contribution in [2.75, 3.05) is 24.4 Å². The topological polar surface area (TPSA) is 85.0 Å². The summed E-state index contributed by atoms with van der Waals surface area (Å²) in [5.74, 6) is 0. The number of sulfonamides is 1. The van der Waals surface area contributed by atoms with Gasteiger partial charge < -0.3 is 0 Å². The highest BCUT2D eigenvalue weighted by atomic mass is 32.2. The van der Waals surface area contributed by atoms with Crippen LogP contribution < -0.4 is 4.72 Å². The molecular weight excluding hydrogens is 421 g/mol. The van der Waals surface area contributed by atoms with Crippen LogP contribution in [0, 0.1) is 0 Å². The van der Waals surface area contributed by atoms with Crippen LogP contribution in [0.25, 0.3) is 10.9 Å². The summed E-state index contributed by atoms with van der Waals surface area (Å²) in [6, 6.07) is 4.88. The van der Waals surface area contributed by atoms with E-state index in [2.05, 4.69) is 14.9 Å². The molecule has 1 aromatic carbocycles. The largest absolute Gasteiger partial charge is 0.401 e. The first kappa shape index (κ1) is 20.7. The number of aryl methyl sites for hydroxylation is 1. The zero-order valence-electron chi connectivity index (χ0n) is 16.2. The Labute approximate surface area is 171 Å². The fourth-order valence-electron chi connectivity index (χ4n) is 3.82. The number of anilines is 1. The van der Waals surface area contributed by atoms with Gasteiger partial charge in [0.1, 0.15) is 4.90 Å². The van der Waals surface area contributed by atoms with Crippen LogP contribution in [0.4, 0.5) is 18.9 Å². The Hall–Kier alpha value is -2.60. The van der Waals surface area contributed by atoms with Gasteiger partial charge in [-0.3, -0.25) is 19.0 Å². The van der Waals surface area contributed by atoms with Crippen LogP contribution in [-0.2, 0) is 17.1 Å². The van der Waals surface area contributed by atoms with E-state index in [1.807, 2.05) is 6.07 Å². The van der Waals surface area contributed by atoms with Crippen molar-refractivity contribution in [1.29, 1.82) is 0 Å². The summed E-state index contributed by atoms with van der Waals surface area (Å²) in [5, 5.41) is 9.05. The van der Waals surface area contributed by atoms with Crippen molar-refractivity contribution >= 4 is 26.6 Å². The van der Waals surface area contributed by atoms with Gasteiger partial charge in [-0.15, -0.1) is 0 Å². The lowest BCUT2D eigenvalue weighted by Gasteiger charge is -2.33. The number of nitrogens with zero attached hydrogens (tertiary/aromatic N) is 5. The number of aromatic nitrogens is 4. The van der Waals surface area contributed by atoms with Gasteiger partial charge in [0.2, 0.25) is 0 Å². The van der Waals surface area contributed by atoms with E-state index in [0.717, 1.165) is 5.39 Å². The average Bonchev–Trinajstić information content (AvgIpc) is 3.29. The highest BCUT2D eigenvalue weighted by Gasteiger charge is 2.33. The van der Waals surface area contributed by atoms with Crippen molar-refractivity contribution in [3.05, 3.63) is 36.8 Å². The molecule has 0 radical (unpaired) electrons. The van der Waals surface area contributed by atoms with E-state index in [4.69, 9.17) is 0 Å². The van der Waals surface area contributed by atoms with Crippen molar-refractivity contribution < 1.29 is 21.6 Å². The molecule has 0 unspecified atom stereocenters. The van der Waals surface area contributed by atoms with Gasteiger partial charge >= 0.3 is 6.18 Å². The number of piperidine rings is 1. The van der Waals surface area contributed by atoms with Gasteiger partial charge in [0.25, 0.3) is 10.0 Å². The number of alkyl halides is 3. The van der Waals surface area contributed by atoms with Gasteiger partial charge in [-0.2, -0.15) is 23.4 Å². The van der Waals surface area contributed by atoms with Crippen LogP contribution in [0.2, 0.25) is 0 Å². The van der Waals surface area contributed by atoms with Gasteiger partial charge in [0, 0.05) is 25.2 Å². The van der Waals surface area contributed by atoms with E-state index in [0.29, 0.717) is 30.6 Å². The number of hydrogen-bond acceptors (Lipinski definition) is 5. The van der Waals surface area contributed by atoms with Gasteiger partial charge in [-0.1, -0.05) is 12.1 Å². The average molecular weight is 442 g/mol. The number of hydrogen-bond donors (Lipinski definition) is 1. The van der Waals surface area contributed by atoms with Crippen LogP contribution in [0.3, 0.4) is 0 Å². The molecule has 0 aliphatic carbocycles. The predicted molar refractivity (Wildman–Crippen MR) is 105 cm³/mol. The molecule has 12 heteroatoms. The Morgan fingerprint density at radius 3 is 2.80 bits per heavy atom. The minimum absolute atomic E-state index is 0.0467. The lowest BCUT2D eigenvalue weighted by molar-refractivity contribution is -0.149. The molecule has 2 aromatic heterocycles. The van der Waals surface area contributed by atoms with Crippen molar-refractivity contribution in [3.8, 4) is 0 Å². The highest BCUT2D eigenvalue weighted by molar-refractivity contribution is 7.92. The van der Waals surface area contributed by atoms with Crippen molar-refractivity contribution in [2.24, 2.45) is 7.05 Å². The molecule has 1 fully saturated rings. The maximum atomic E-state index is 12.9. The Bertz CT molecular complexity index is 1150. The second kappa shape index (κ2) is 7.58. The van der Waals surface area contributed by atoms with Crippen molar-refractivity contribution in [3.63, 3.8) is 0 Å². The SMILES string of the molecule is Cn1ncc2cccc(NS(=O)(=O)c3cnn([C@@H]4CCCN(CC(F)(F)F)C4)c3)c21. The van der Waals surface area contributed by atoms with E-state index in [-0.39, 0.29) is 17.5 Å². The smallest absolute Gasteiger partial charge is 0.293 e. The zero-order valence-corrected chi connectivity index (χ0v) is 17.0. The molecule has 162 valence electrons. The van der Waals surface area contributed by atoms with Crippen LogP contribution >= 0.6 is 0 Å². The Morgan fingerprint density at radius 1 is 1.23 bits per heavy atom. The maximum Gasteiger partial charge on any atom is 0.401 e. The van der Waals surface area contributed by atoms with Crippen LogP contribution in [0.15, 0.2) is 41.7 Å². The molecule has 1 N–H and O–H groups in total. The molecule has 3 aromatic rings. The monoisotopic (exact) mass is 442 g/mol. The number of rotatable bonds is 5.